The van der Waals surface area contributed by atoms with E-state index in [2.05, 4.69) is 0 Å². The standard InChI is InChI=1S/C21H24FNO/c1-23(20(24)15-16-7-5-6-8-16)21(17-9-3-2-4-10-17)18-11-13-19(22)14-12-18/h2-4,9-14,16,21H,5-8,15H2,1H3. The third kappa shape index (κ3) is 3.84. The molecule has 2 nitrogen and oxygen atoms in total. The Kier molecular flexibility index (Phi) is 5.29. The van der Waals surface area contributed by atoms with Crippen molar-refractivity contribution < 1.29 is 9.18 Å². The van der Waals surface area contributed by atoms with Gasteiger partial charge in [0.2, 0.25) is 5.91 Å². The Balaban J connectivity index is 1.85. The summed E-state index contributed by atoms with van der Waals surface area (Å²) < 4.78 is 13.3. The molecule has 1 unspecified atom stereocenters. The third-order valence-electron chi connectivity index (χ3n) is 5.02. The number of carbonyl (C=O) groups is 1. The average Bonchev–Trinajstić information content (AvgIpc) is 3.10. The molecule has 1 saturated carbocycles. The van der Waals surface area contributed by atoms with Crippen LogP contribution in [0.1, 0.15) is 49.3 Å². The third-order valence-corrected chi connectivity index (χ3v) is 5.02. The molecule has 3 rings (SSSR count). The first-order chi connectivity index (χ1) is 11.6. The minimum Gasteiger partial charge on any atom is -0.335 e. The molecule has 2 aromatic carbocycles. The molecule has 3 heteroatoms. The number of nitrogens with zero attached hydrogens (tertiary/aromatic N) is 1. The zero-order valence-corrected chi connectivity index (χ0v) is 14.1. The van der Waals surface area contributed by atoms with Crippen molar-refractivity contribution in [3.8, 4) is 0 Å². The van der Waals surface area contributed by atoms with Crippen LogP contribution in [0.3, 0.4) is 0 Å². The Labute approximate surface area is 143 Å². The number of hydrogen-bond donors (Lipinski definition) is 0. The monoisotopic (exact) mass is 325 g/mol. The van der Waals surface area contributed by atoms with Gasteiger partial charge < -0.3 is 4.90 Å². The number of rotatable bonds is 5. The number of amides is 1. The molecule has 0 bridgehead atoms. The van der Waals surface area contributed by atoms with E-state index < -0.39 is 0 Å². The minimum absolute atomic E-state index is 0.167. The van der Waals surface area contributed by atoms with Crippen LogP contribution < -0.4 is 0 Å². The van der Waals surface area contributed by atoms with Crippen molar-refractivity contribution in [1.29, 1.82) is 0 Å². The van der Waals surface area contributed by atoms with E-state index in [9.17, 15) is 9.18 Å². The first kappa shape index (κ1) is 16.7. The van der Waals surface area contributed by atoms with Gasteiger partial charge in [0, 0.05) is 13.5 Å². The van der Waals surface area contributed by atoms with E-state index in [1.165, 1.54) is 25.0 Å². The van der Waals surface area contributed by atoms with E-state index in [1.54, 1.807) is 12.1 Å². The van der Waals surface area contributed by atoms with Crippen LogP contribution >= 0.6 is 0 Å². The molecule has 0 heterocycles. The largest absolute Gasteiger partial charge is 0.335 e. The second kappa shape index (κ2) is 7.61. The normalized spacial score (nSPS) is 16.1. The Morgan fingerprint density at radius 3 is 2.25 bits per heavy atom. The lowest BCUT2D eigenvalue weighted by Crippen LogP contribution is -2.33. The number of benzene rings is 2. The lowest BCUT2D eigenvalue weighted by atomic mass is 9.96. The van der Waals surface area contributed by atoms with Gasteiger partial charge in [-0.1, -0.05) is 55.3 Å². The average molecular weight is 325 g/mol. The fourth-order valence-electron chi connectivity index (χ4n) is 3.67. The predicted molar refractivity (Wildman–Crippen MR) is 94.0 cm³/mol. The molecule has 0 N–H and O–H groups in total. The number of halogens is 1. The highest BCUT2D eigenvalue weighted by atomic mass is 19.1. The molecule has 0 aliphatic heterocycles. The van der Waals surface area contributed by atoms with Crippen LogP contribution in [0.15, 0.2) is 54.6 Å². The summed E-state index contributed by atoms with van der Waals surface area (Å²) in [6.45, 7) is 0. The first-order valence-corrected chi connectivity index (χ1v) is 8.71. The van der Waals surface area contributed by atoms with Crippen molar-refractivity contribution >= 4 is 5.91 Å². The van der Waals surface area contributed by atoms with Crippen LogP contribution in [0.4, 0.5) is 4.39 Å². The quantitative estimate of drug-likeness (QED) is 0.761. The maximum Gasteiger partial charge on any atom is 0.223 e. The fourth-order valence-corrected chi connectivity index (χ4v) is 3.67. The van der Waals surface area contributed by atoms with Crippen LogP contribution in [-0.4, -0.2) is 17.9 Å². The van der Waals surface area contributed by atoms with Crippen LogP contribution in [0.2, 0.25) is 0 Å². The van der Waals surface area contributed by atoms with Crippen LogP contribution in [-0.2, 0) is 4.79 Å². The summed E-state index contributed by atoms with van der Waals surface area (Å²) >= 11 is 0. The highest BCUT2D eigenvalue weighted by Gasteiger charge is 2.26. The highest BCUT2D eigenvalue weighted by Crippen LogP contribution is 2.32. The lowest BCUT2D eigenvalue weighted by molar-refractivity contribution is -0.132. The molecule has 1 atom stereocenters. The smallest absolute Gasteiger partial charge is 0.223 e. The van der Waals surface area contributed by atoms with Gasteiger partial charge in [-0.3, -0.25) is 4.79 Å². The van der Waals surface area contributed by atoms with E-state index >= 15 is 0 Å². The minimum atomic E-state index is -0.259. The van der Waals surface area contributed by atoms with Gasteiger partial charge in [-0.15, -0.1) is 0 Å². The van der Waals surface area contributed by atoms with E-state index in [-0.39, 0.29) is 17.8 Å². The first-order valence-electron chi connectivity index (χ1n) is 8.71. The van der Waals surface area contributed by atoms with Crippen molar-refractivity contribution in [2.24, 2.45) is 5.92 Å². The molecular formula is C21H24FNO. The number of hydrogen-bond acceptors (Lipinski definition) is 1. The summed E-state index contributed by atoms with van der Waals surface area (Å²) in [4.78, 5) is 14.6. The molecule has 2 aromatic rings. The van der Waals surface area contributed by atoms with Crippen LogP contribution in [0, 0.1) is 11.7 Å². The summed E-state index contributed by atoms with van der Waals surface area (Å²) in [5, 5.41) is 0. The molecule has 1 aliphatic carbocycles. The lowest BCUT2D eigenvalue weighted by Gasteiger charge is -2.30. The zero-order chi connectivity index (χ0) is 16.9. The molecule has 24 heavy (non-hydrogen) atoms. The Morgan fingerprint density at radius 1 is 1.04 bits per heavy atom. The summed E-state index contributed by atoms with van der Waals surface area (Å²) in [5.74, 6) is 0.426. The van der Waals surface area contributed by atoms with Crippen molar-refractivity contribution in [2.75, 3.05) is 7.05 Å². The SMILES string of the molecule is CN(C(=O)CC1CCCC1)C(c1ccccc1)c1ccc(F)cc1. The van der Waals surface area contributed by atoms with Crippen molar-refractivity contribution in [1.82, 2.24) is 4.90 Å². The Morgan fingerprint density at radius 2 is 1.62 bits per heavy atom. The van der Waals surface area contributed by atoms with Crippen molar-refractivity contribution in [2.45, 2.75) is 38.1 Å². The van der Waals surface area contributed by atoms with Crippen LogP contribution in [0.25, 0.3) is 0 Å². The summed E-state index contributed by atoms with van der Waals surface area (Å²) in [6, 6.07) is 16.2. The van der Waals surface area contributed by atoms with Crippen LogP contribution in [0.5, 0.6) is 0 Å². The molecule has 126 valence electrons. The van der Waals surface area contributed by atoms with Gasteiger partial charge in [-0.05, 0) is 42.0 Å². The molecule has 1 aliphatic rings. The van der Waals surface area contributed by atoms with E-state index in [0.717, 1.165) is 24.0 Å². The topological polar surface area (TPSA) is 20.3 Å². The number of carbonyl (C=O) groups excluding carboxylic acids is 1. The maximum absolute atomic E-state index is 13.3. The maximum atomic E-state index is 13.3. The van der Waals surface area contributed by atoms with Crippen molar-refractivity contribution in [3.63, 3.8) is 0 Å². The molecule has 0 spiro atoms. The van der Waals surface area contributed by atoms with E-state index in [1.807, 2.05) is 42.3 Å². The molecule has 0 saturated heterocycles. The molecule has 0 radical (unpaired) electrons. The fraction of sp³-hybridized carbons (Fsp3) is 0.381. The molecule has 1 fully saturated rings. The predicted octanol–water partition coefficient (Wildman–Crippen LogP) is 4.95. The second-order valence-corrected chi connectivity index (χ2v) is 6.72. The Bertz CT molecular complexity index is 662. The second-order valence-electron chi connectivity index (χ2n) is 6.72. The molecular weight excluding hydrogens is 301 g/mol. The van der Waals surface area contributed by atoms with E-state index in [4.69, 9.17) is 0 Å². The molecule has 0 aromatic heterocycles. The van der Waals surface area contributed by atoms with Gasteiger partial charge >= 0.3 is 0 Å². The van der Waals surface area contributed by atoms with Gasteiger partial charge in [-0.2, -0.15) is 0 Å². The van der Waals surface area contributed by atoms with Gasteiger partial charge in [0.05, 0.1) is 6.04 Å². The van der Waals surface area contributed by atoms with E-state index in [0.29, 0.717) is 12.3 Å². The van der Waals surface area contributed by atoms with Gasteiger partial charge in [0.1, 0.15) is 5.82 Å². The zero-order valence-electron chi connectivity index (χ0n) is 14.1. The van der Waals surface area contributed by atoms with Crippen molar-refractivity contribution in [3.05, 3.63) is 71.5 Å². The summed E-state index contributed by atoms with van der Waals surface area (Å²) in [5.41, 5.74) is 1.98. The Hall–Kier alpha value is -2.16. The summed E-state index contributed by atoms with van der Waals surface area (Å²) in [6.07, 6.45) is 5.41. The van der Waals surface area contributed by atoms with Gasteiger partial charge in [0.25, 0.3) is 0 Å². The van der Waals surface area contributed by atoms with Gasteiger partial charge in [-0.25, -0.2) is 4.39 Å². The molecule has 1 amide bonds. The highest BCUT2D eigenvalue weighted by molar-refractivity contribution is 5.77. The summed E-state index contributed by atoms with van der Waals surface area (Å²) in [7, 11) is 1.86. The van der Waals surface area contributed by atoms with Gasteiger partial charge in [0.15, 0.2) is 0 Å².